The summed E-state index contributed by atoms with van der Waals surface area (Å²) in [6, 6.07) is 5.55. The molecule has 0 bridgehead atoms. The molecule has 0 aliphatic carbocycles. The van der Waals surface area contributed by atoms with Crippen LogP contribution in [0.2, 0.25) is 0 Å². The Labute approximate surface area is 113 Å². The first kappa shape index (κ1) is 12.9. The number of nitrogens with zero attached hydrogens (tertiary/aromatic N) is 1. The van der Waals surface area contributed by atoms with Crippen LogP contribution in [0, 0.1) is 5.92 Å². The summed E-state index contributed by atoms with van der Waals surface area (Å²) in [7, 11) is 0. The first-order valence-corrected chi connectivity index (χ1v) is 6.35. The summed E-state index contributed by atoms with van der Waals surface area (Å²) in [5, 5.41) is 12.0. The monoisotopic (exact) mass is 312 g/mol. The summed E-state index contributed by atoms with van der Waals surface area (Å²) in [6.45, 7) is 1.97. The molecule has 0 spiro atoms. The molecule has 1 atom stereocenters. The Hall–Kier alpha value is -1.56. The Bertz CT molecular complexity index is 504. The maximum absolute atomic E-state index is 11.9. The normalized spacial score (nSPS) is 15.9. The van der Waals surface area contributed by atoms with E-state index in [1.165, 1.54) is 4.90 Å². The van der Waals surface area contributed by atoms with Crippen molar-refractivity contribution in [2.24, 2.45) is 5.92 Å². The third-order valence-corrected chi connectivity index (χ3v) is 3.35. The van der Waals surface area contributed by atoms with Crippen molar-refractivity contribution in [3.63, 3.8) is 0 Å². The van der Waals surface area contributed by atoms with Crippen molar-refractivity contribution in [1.82, 2.24) is 0 Å². The Morgan fingerprint density at radius 2 is 2.33 bits per heavy atom. The van der Waals surface area contributed by atoms with Gasteiger partial charge < -0.3 is 15.3 Å². The Morgan fingerprint density at radius 3 is 3.00 bits per heavy atom. The number of halogens is 1. The highest BCUT2D eigenvalue weighted by atomic mass is 79.9. The van der Waals surface area contributed by atoms with Crippen molar-refractivity contribution in [2.45, 2.75) is 6.92 Å². The number of carboxylic acid groups (broad SMARTS) is 1. The van der Waals surface area contributed by atoms with E-state index in [1.54, 1.807) is 6.92 Å². The van der Waals surface area contributed by atoms with Gasteiger partial charge in [0, 0.05) is 11.0 Å². The molecule has 5 nitrogen and oxygen atoms in total. The lowest BCUT2D eigenvalue weighted by atomic mass is 10.1. The van der Waals surface area contributed by atoms with Crippen LogP contribution in [-0.2, 0) is 9.59 Å². The zero-order chi connectivity index (χ0) is 13.3. The molecule has 0 aromatic heterocycles. The first-order chi connectivity index (χ1) is 8.49. The van der Waals surface area contributed by atoms with Gasteiger partial charge in [0.15, 0.2) is 0 Å². The molecule has 1 aliphatic rings. The maximum Gasteiger partial charge on any atom is 0.308 e. The van der Waals surface area contributed by atoms with E-state index in [1.807, 2.05) is 18.2 Å². The van der Waals surface area contributed by atoms with Gasteiger partial charge in [-0.25, -0.2) is 0 Å². The zero-order valence-corrected chi connectivity index (χ0v) is 11.4. The fourth-order valence-electron chi connectivity index (χ4n) is 1.83. The van der Waals surface area contributed by atoms with Crippen LogP contribution >= 0.6 is 15.9 Å². The first-order valence-electron chi connectivity index (χ1n) is 5.55. The van der Waals surface area contributed by atoms with E-state index in [-0.39, 0.29) is 19.0 Å². The summed E-state index contributed by atoms with van der Waals surface area (Å²) >= 11 is 3.35. The number of carbonyl (C=O) groups excluding carboxylic acids is 1. The number of rotatable bonds is 3. The number of fused-ring (bicyclic) bond motifs is 1. The SMILES string of the molecule is CC(CN1C(=O)CNc2ccc(Br)cc21)C(=O)O. The third-order valence-electron chi connectivity index (χ3n) is 2.86. The van der Waals surface area contributed by atoms with Gasteiger partial charge in [-0.1, -0.05) is 22.9 Å². The summed E-state index contributed by atoms with van der Waals surface area (Å²) in [5.74, 6) is -1.62. The number of nitrogens with one attached hydrogen (secondary N) is 1. The van der Waals surface area contributed by atoms with Gasteiger partial charge >= 0.3 is 5.97 Å². The smallest absolute Gasteiger partial charge is 0.308 e. The van der Waals surface area contributed by atoms with E-state index in [9.17, 15) is 9.59 Å². The van der Waals surface area contributed by atoms with Gasteiger partial charge in [0.2, 0.25) is 5.91 Å². The molecule has 0 fully saturated rings. The van der Waals surface area contributed by atoms with Crippen LogP contribution < -0.4 is 10.2 Å². The standard InChI is InChI=1S/C12H13BrN2O3/c1-7(12(17)18)6-15-10-4-8(13)2-3-9(10)14-5-11(15)16/h2-4,7,14H,5-6H2,1H3,(H,17,18). The van der Waals surface area contributed by atoms with Gasteiger partial charge in [-0.05, 0) is 18.2 Å². The largest absolute Gasteiger partial charge is 0.481 e. The van der Waals surface area contributed by atoms with Crippen LogP contribution in [0.5, 0.6) is 0 Å². The number of carboxylic acids is 1. The Balaban J connectivity index is 2.32. The molecule has 18 heavy (non-hydrogen) atoms. The topological polar surface area (TPSA) is 69.6 Å². The van der Waals surface area contributed by atoms with Crippen molar-refractivity contribution < 1.29 is 14.7 Å². The molecule has 1 heterocycles. The minimum absolute atomic E-state index is 0.117. The van der Waals surface area contributed by atoms with Crippen LogP contribution in [0.4, 0.5) is 11.4 Å². The molecule has 1 aromatic rings. The molecule has 2 rings (SSSR count). The number of amides is 1. The van der Waals surface area contributed by atoms with Crippen LogP contribution in [0.25, 0.3) is 0 Å². The summed E-state index contributed by atoms with van der Waals surface area (Å²) in [4.78, 5) is 24.3. The molecular formula is C12H13BrN2O3. The van der Waals surface area contributed by atoms with E-state index in [2.05, 4.69) is 21.2 Å². The highest BCUT2D eigenvalue weighted by Gasteiger charge is 2.27. The van der Waals surface area contributed by atoms with E-state index >= 15 is 0 Å². The van der Waals surface area contributed by atoms with Crippen LogP contribution in [0.1, 0.15) is 6.92 Å². The van der Waals surface area contributed by atoms with Crippen molar-refractivity contribution >= 4 is 39.2 Å². The van der Waals surface area contributed by atoms with Crippen molar-refractivity contribution in [2.75, 3.05) is 23.3 Å². The second kappa shape index (κ2) is 4.97. The lowest BCUT2D eigenvalue weighted by Gasteiger charge is -2.31. The molecule has 1 amide bonds. The summed E-state index contributed by atoms with van der Waals surface area (Å²) in [5.41, 5.74) is 1.56. The highest BCUT2D eigenvalue weighted by Crippen LogP contribution is 2.32. The molecule has 0 radical (unpaired) electrons. The van der Waals surface area contributed by atoms with Crippen LogP contribution in [-0.4, -0.2) is 30.1 Å². The predicted octanol–water partition coefficient (Wildman–Crippen LogP) is 1.93. The van der Waals surface area contributed by atoms with Crippen LogP contribution in [0.3, 0.4) is 0 Å². The van der Waals surface area contributed by atoms with Gasteiger partial charge in [-0.2, -0.15) is 0 Å². The summed E-state index contributed by atoms with van der Waals surface area (Å²) < 4.78 is 0.853. The van der Waals surface area contributed by atoms with Crippen molar-refractivity contribution in [1.29, 1.82) is 0 Å². The molecule has 1 aliphatic heterocycles. The number of aliphatic carboxylic acids is 1. The second-order valence-electron chi connectivity index (χ2n) is 4.26. The van der Waals surface area contributed by atoms with Crippen LogP contribution in [0.15, 0.2) is 22.7 Å². The number of anilines is 2. The van der Waals surface area contributed by atoms with E-state index in [0.29, 0.717) is 5.69 Å². The number of hydrogen-bond donors (Lipinski definition) is 2. The van der Waals surface area contributed by atoms with Crippen molar-refractivity contribution in [3.8, 4) is 0 Å². The lowest BCUT2D eigenvalue weighted by molar-refractivity contribution is -0.140. The molecule has 1 unspecified atom stereocenters. The van der Waals surface area contributed by atoms with Gasteiger partial charge in [-0.3, -0.25) is 9.59 Å². The summed E-state index contributed by atoms with van der Waals surface area (Å²) in [6.07, 6.45) is 0. The number of carbonyl (C=O) groups is 2. The average Bonchev–Trinajstić information content (AvgIpc) is 2.32. The lowest BCUT2D eigenvalue weighted by Crippen LogP contribution is -2.43. The third kappa shape index (κ3) is 2.48. The fraction of sp³-hybridized carbons (Fsp3) is 0.333. The number of hydrogen-bond acceptors (Lipinski definition) is 3. The average molecular weight is 313 g/mol. The van der Waals surface area contributed by atoms with Gasteiger partial charge in [0.1, 0.15) is 0 Å². The fourth-order valence-corrected chi connectivity index (χ4v) is 2.18. The zero-order valence-electron chi connectivity index (χ0n) is 9.81. The molecular weight excluding hydrogens is 300 g/mol. The minimum atomic E-state index is -0.905. The van der Waals surface area contributed by atoms with Gasteiger partial charge in [-0.15, -0.1) is 0 Å². The Kier molecular flexibility index (Phi) is 3.56. The Morgan fingerprint density at radius 1 is 1.61 bits per heavy atom. The minimum Gasteiger partial charge on any atom is -0.481 e. The molecule has 1 aromatic carbocycles. The second-order valence-corrected chi connectivity index (χ2v) is 5.17. The molecule has 6 heteroatoms. The van der Waals surface area contributed by atoms with Gasteiger partial charge in [0.05, 0.1) is 23.8 Å². The van der Waals surface area contributed by atoms with E-state index < -0.39 is 11.9 Å². The molecule has 96 valence electrons. The predicted molar refractivity (Wildman–Crippen MR) is 71.8 cm³/mol. The van der Waals surface area contributed by atoms with E-state index in [0.717, 1.165) is 10.2 Å². The molecule has 0 saturated heterocycles. The highest BCUT2D eigenvalue weighted by molar-refractivity contribution is 9.10. The van der Waals surface area contributed by atoms with E-state index in [4.69, 9.17) is 5.11 Å². The molecule has 0 saturated carbocycles. The van der Waals surface area contributed by atoms with Crippen molar-refractivity contribution in [3.05, 3.63) is 22.7 Å². The quantitative estimate of drug-likeness (QED) is 0.894. The number of benzene rings is 1. The molecule has 2 N–H and O–H groups in total. The maximum atomic E-state index is 11.9. The van der Waals surface area contributed by atoms with Gasteiger partial charge in [0.25, 0.3) is 0 Å².